The van der Waals surface area contributed by atoms with Crippen LogP contribution in [-0.2, 0) is 0 Å². The summed E-state index contributed by atoms with van der Waals surface area (Å²) in [5.74, 6) is 0. The van der Waals surface area contributed by atoms with Gasteiger partial charge in [0.2, 0.25) is 0 Å². The molecule has 0 saturated heterocycles. The first kappa shape index (κ1) is 14.7. The van der Waals surface area contributed by atoms with Crippen molar-refractivity contribution in [2.45, 2.75) is 27.7 Å². The number of para-hydroxylation sites is 1. The van der Waals surface area contributed by atoms with E-state index in [1.807, 2.05) is 0 Å². The van der Waals surface area contributed by atoms with Crippen molar-refractivity contribution in [3.63, 3.8) is 0 Å². The molecule has 1 heterocycles. The summed E-state index contributed by atoms with van der Waals surface area (Å²) < 4.78 is 0. The third kappa shape index (κ3) is 2.39. The van der Waals surface area contributed by atoms with E-state index in [1.165, 1.54) is 33.5 Å². The van der Waals surface area contributed by atoms with Crippen LogP contribution in [0.25, 0.3) is 0 Å². The summed E-state index contributed by atoms with van der Waals surface area (Å²) in [6, 6.07) is 21.5. The van der Waals surface area contributed by atoms with Crippen molar-refractivity contribution in [1.82, 2.24) is 0 Å². The Morgan fingerprint density at radius 1 is 0.682 bits per heavy atom. The minimum atomic E-state index is 0.271. The predicted molar refractivity (Wildman–Crippen MR) is 97.5 cm³/mol. The number of nitrogens with zero attached hydrogens (tertiary/aromatic N) is 1. The summed E-state index contributed by atoms with van der Waals surface area (Å²) in [6.45, 7) is 9.23. The quantitative estimate of drug-likeness (QED) is 0.731. The van der Waals surface area contributed by atoms with Crippen molar-refractivity contribution in [2.75, 3.05) is 4.81 Å². The Kier molecular flexibility index (Phi) is 3.93. The first-order valence-corrected chi connectivity index (χ1v) is 7.85. The molecule has 110 valence electrons. The molecule has 0 N–H and O–H groups in total. The first-order chi connectivity index (χ1) is 10.6. The van der Waals surface area contributed by atoms with Crippen LogP contribution in [0, 0.1) is 0 Å². The molecule has 0 aromatic heterocycles. The van der Waals surface area contributed by atoms with Crippen molar-refractivity contribution < 1.29 is 0 Å². The lowest BCUT2D eigenvalue weighted by Crippen LogP contribution is -2.51. The van der Waals surface area contributed by atoms with Crippen molar-refractivity contribution in [3.05, 3.63) is 83.0 Å². The van der Waals surface area contributed by atoms with Gasteiger partial charge in [-0.15, -0.1) is 0 Å². The molecule has 0 bridgehead atoms. The van der Waals surface area contributed by atoms with Crippen molar-refractivity contribution >= 4 is 18.0 Å². The fourth-order valence-electron chi connectivity index (χ4n) is 3.31. The van der Waals surface area contributed by atoms with E-state index in [9.17, 15) is 0 Å². The Labute approximate surface area is 134 Å². The monoisotopic (exact) mass is 287 g/mol. The van der Waals surface area contributed by atoms with Crippen LogP contribution in [0.3, 0.4) is 0 Å². The molecule has 0 amide bonds. The molecule has 1 aliphatic heterocycles. The largest absolute Gasteiger partial charge is 0.381 e. The second-order valence-corrected chi connectivity index (χ2v) is 6.04. The third-order valence-corrected chi connectivity index (χ3v) is 4.88. The van der Waals surface area contributed by atoms with Gasteiger partial charge in [-0.3, -0.25) is 0 Å². The van der Waals surface area contributed by atoms with Crippen molar-refractivity contribution in [1.29, 1.82) is 0 Å². The van der Waals surface area contributed by atoms with Gasteiger partial charge in [0.1, 0.15) is 0 Å². The second kappa shape index (κ2) is 5.88. The molecular formula is C20H22BN. The summed E-state index contributed by atoms with van der Waals surface area (Å²) >= 11 is 0. The van der Waals surface area contributed by atoms with E-state index in [1.54, 1.807) is 0 Å². The van der Waals surface area contributed by atoms with Gasteiger partial charge in [0.05, 0.1) is 0 Å². The zero-order chi connectivity index (χ0) is 15.7. The van der Waals surface area contributed by atoms with Gasteiger partial charge in [0, 0.05) is 11.4 Å². The molecule has 2 aromatic carbocycles. The number of hydrogen-bond donors (Lipinski definition) is 0. The van der Waals surface area contributed by atoms with Crippen molar-refractivity contribution in [2.24, 2.45) is 0 Å². The Hall–Kier alpha value is -2.22. The highest BCUT2D eigenvalue weighted by molar-refractivity contribution is 6.83. The first-order valence-electron chi connectivity index (χ1n) is 7.85. The molecule has 1 aliphatic rings. The molecule has 2 aromatic rings. The van der Waals surface area contributed by atoms with E-state index in [0.29, 0.717) is 0 Å². The number of allylic oxidation sites excluding steroid dienone is 4. The van der Waals surface area contributed by atoms with Crippen LogP contribution in [0.4, 0.5) is 5.69 Å². The lowest BCUT2D eigenvalue weighted by atomic mass is 9.46. The van der Waals surface area contributed by atoms with Crippen molar-refractivity contribution in [3.8, 4) is 0 Å². The standard InChI is InChI=1S/C20H22BN/c1-15-16(2)18(4)22(20-13-9-6-10-14-20)21(17(15)3)19-11-7-5-8-12-19/h5-14H,1-4H3. The second-order valence-electron chi connectivity index (χ2n) is 6.04. The van der Waals surface area contributed by atoms with E-state index >= 15 is 0 Å². The molecule has 0 fully saturated rings. The Bertz CT molecular complexity index is 663. The summed E-state index contributed by atoms with van der Waals surface area (Å²) in [7, 11) is 0. The van der Waals surface area contributed by atoms with E-state index in [0.717, 1.165) is 0 Å². The van der Waals surface area contributed by atoms with Gasteiger partial charge in [0.15, 0.2) is 0 Å². The molecular weight excluding hydrogens is 265 g/mol. The SMILES string of the molecule is CC1=C(C)C(C)=C(C)N(c2ccccc2)B1c1ccccc1. The summed E-state index contributed by atoms with van der Waals surface area (Å²) in [4.78, 5) is 2.47. The highest BCUT2D eigenvalue weighted by Crippen LogP contribution is 2.33. The van der Waals surface area contributed by atoms with Crippen LogP contribution in [0.2, 0.25) is 0 Å². The maximum absolute atomic E-state index is 2.47. The fraction of sp³-hybridized carbons (Fsp3) is 0.200. The minimum Gasteiger partial charge on any atom is -0.381 e. The van der Waals surface area contributed by atoms with Gasteiger partial charge in [-0.1, -0.05) is 65.0 Å². The molecule has 0 saturated carbocycles. The summed E-state index contributed by atoms with van der Waals surface area (Å²) in [5, 5.41) is 0. The molecule has 2 heteroatoms. The van der Waals surface area contributed by atoms with Gasteiger partial charge in [-0.2, -0.15) is 0 Å². The molecule has 0 spiro atoms. The lowest BCUT2D eigenvalue weighted by Gasteiger charge is -2.39. The van der Waals surface area contributed by atoms with Crippen LogP contribution >= 0.6 is 0 Å². The molecule has 0 aliphatic carbocycles. The Morgan fingerprint density at radius 2 is 1.23 bits per heavy atom. The van der Waals surface area contributed by atoms with E-state index < -0.39 is 0 Å². The predicted octanol–water partition coefficient (Wildman–Crippen LogP) is 4.57. The number of anilines is 1. The van der Waals surface area contributed by atoms with E-state index in [2.05, 4.69) is 93.2 Å². The molecule has 22 heavy (non-hydrogen) atoms. The average Bonchev–Trinajstić information content (AvgIpc) is 2.57. The van der Waals surface area contributed by atoms with E-state index in [-0.39, 0.29) is 6.85 Å². The van der Waals surface area contributed by atoms with Crippen LogP contribution in [0.5, 0.6) is 0 Å². The molecule has 0 radical (unpaired) electrons. The number of benzene rings is 2. The molecule has 3 rings (SSSR count). The lowest BCUT2D eigenvalue weighted by molar-refractivity contribution is 1.11. The van der Waals surface area contributed by atoms with Crippen LogP contribution in [0.15, 0.2) is 83.0 Å². The van der Waals surface area contributed by atoms with Gasteiger partial charge in [-0.25, -0.2) is 0 Å². The zero-order valence-corrected chi connectivity index (χ0v) is 13.8. The zero-order valence-electron chi connectivity index (χ0n) is 13.8. The van der Waals surface area contributed by atoms with Crippen LogP contribution in [0.1, 0.15) is 27.7 Å². The highest BCUT2D eigenvalue weighted by Gasteiger charge is 2.34. The van der Waals surface area contributed by atoms with Crippen LogP contribution < -0.4 is 10.3 Å². The van der Waals surface area contributed by atoms with Crippen LogP contribution in [-0.4, -0.2) is 6.85 Å². The minimum absolute atomic E-state index is 0.271. The Balaban J connectivity index is 2.20. The number of rotatable bonds is 2. The normalized spacial score (nSPS) is 15.6. The molecule has 1 nitrogen and oxygen atoms in total. The summed E-state index contributed by atoms with van der Waals surface area (Å²) in [5.41, 5.74) is 8.16. The van der Waals surface area contributed by atoms with Gasteiger partial charge in [0.25, 0.3) is 0 Å². The van der Waals surface area contributed by atoms with Gasteiger partial charge in [-0.05, 0) is 45.4 Å². The number of hydrogen-bond acceptors (Lipinski definition) is 1. The third-order valence-electron chi connectivity index (χ3n) is 4.88. The molecule has 0 unspecified atom stereocenters. The molecule has 0 atom stereocenters. The summed E-state index contributed by atoms with van der Waals surface area (Å²) in [6.07, 6.45) is 0. The smallest absolute Gasteiger partial charge is 0.323 e. The Morgan fingerprint density at radius 3 is 1.82 bits per heavy atom. The average molecular weight is 287 g/mol. The topological polar surface area (TPSA) is 3.24 Å². The maximum Gasteiger partial charge on any atom is 0.323 e. The highest BCUT2D eigenvalue weighted by atomic mass is 15.1. The maximum atomic E-state index is 2.47. The fourth-order valence-corrected chi connectivity index (χ4v) is 3.31. The van der Waals surface area contributed by atoms with Gasteiger partial charge < -0.3 is 4.81 Å². The van der Waals surface area contributed by atoms with E-state index in [4.69, 9.17) is 0 Å². The van der Waals surface area contributed by atoms with Gasteiger partial charge >= 0.3 is 6.85 Å².